The van der Waals surface area contributed by atoms with Gasteiger partial charge in [-0.25, -0.2) is 12.8 Å². The van der Waals surface area contributed by atoms with Gasteiger partial charge in [-0.2, -0.15) is 0 Å². The van der Waals surface area contributed by atoms with Crippen molar-refractivity contribution in [2.75, 3.05) is 22.4 Å². The predicted molar refractivity (Wildman–Crippen MR) is 113 cm³/mol. The number of sulfonamides is 1. The van der Waals surface area contributed by atoms with Gasteiger partial charge in [0.05, 0.1) is 11.9 Å². The molecule has 7 nitrogen and oxygen atoms in total. The van der Waals surface area contributed by atoms with E-state index in [1.54, 1.807) is 0 Å². The fourth-order valence-corrected chi connectivity index (χ4v) is 4.91. The second-order valence-corrected chi connectivity index (χ2v) is 10.0. The van der Waals surface area contributed by atoms with Crippen molar-refractivity contribution in [3.05, 3.63) is 66.0 Å². The fourth-order valence-electron chi connectivity index (χ4n) is 2.33. The lowest BCUT2D eigenvalue weighted by molar-refractivity contribution is -0.114. The van der Waals surface area contributed by atoms with E-state index >= 15 is 0 Å². The Hall–Kier alpha value is -2.50. The van der Waals surface area contributed by atoms with Crippen molar-refractivity contribution in [2.24, 2.45) is 0 Å². The van der Waals surface area contributed by atoms with Crippen molar-refractivity contribution in [1.29, 1.82) is 0 Å². The average molecular weight is 453 g/mol. The number of hydrogen-bond donors (Lipinski definition) is 1. The first-order chi connectivity index (χ1) is 13.8. The largest absolute Gasteiger partial charge is 0.299 e. The topological polar surface area (TPSA) is 92.3 Å². The third kappa shape index (κ3) is 6.24. The molecule has 0 saturated heterocycles. The molecule has 1 N–H and O–H groups in total. The van der Waals surface area contributed by atoms with Crippen molar-refractivity contribution < 1.29 is 17.6 Å². The van der Waals surface area contributed by atoms with Crippen LogP contribution in [0.3, 0.4) is 0 Å². The molecule has 0 aliphatic rings. The Labute approximate surface area is 176 Å². The molecule has 2 aromatic carbocycles. The van der Waals surface area contributed by atoms with E-state index < -0.39 is 28.3 Å². The normalized spacial score (nSPS) is 11.2. The Bertz CT molecular complexity index is 1070. The maximum atomic E-state index is 13.1. The van der Waals surface area contributed by atoms with E-state index in [1.165, 1.54) is 35.2 Å². The smallest absolute Gasteiger partial charge is 0.246 e. The highest BCUT2D eigenvalue weighted by molar-refractivity contribution is 8.00. The van der Waals surface area contributed by atoms with E-state index in [-0.39, 0.29) is 10.8 Å². The number of benzene rings is 2. The highest BCUT2D eigenvalue weighted by Crippen LogP contribution is 2.28. The standard InChI is InChI=1S/C18H17FN4O3S3/c1-29(25,26)23(15-9-7-14(19)8-10-15)11-16(24)20-17-21-22-18(28-17)27-12-13-5-3-2-4-6-13/h2-10H,11-12H2,1H3,(H,20,21,24). The molecule has 29 heavy (non-hydrogen) atoms. The third-order valence-electron chi connectivity index (χ3n) is 3.66. The van der Waals surface area contributed by atoms with E-state index in [9.17, 15) is 17.6 Å². The van der Waals surface area contributed by atoms with Gasteiger partial charge < -0.3 is 0 Å². The molecule has 0 unspecified atom stereocenters. The summed E-state index contributed by atoms with van der Waals surface area (Å²) in [6.45, 7) is -0.462. The molecule has 0 saturated carbocycles. The van der Waals surface area contributed by atoms with Crippen LogP contribution in [0.15, 0.2) is 58.9 Å². The lowest BCUT2D eigenvalue weighted by Gasteiger charge is -2.21. The number of nitrogens with zero attached hydrogens (tertiary/aromatic N) is 3. The zero-order chi connectivity index (χ0) is 20.9. The molecule has 3 rings (SSSR count). The predicted octanol–water partition coefficient (Wildman–Crippen LogP) is 3.37. The molecular weight excluding hydrogens is 435 g/mol. The van der Waals surface area contributed by atoms with Crippen LogP contribution < -0.4 is 9.62 Å². The summed E-state index contributed by atoms with van der Waals surface area (Å²) in [6, 6.07) is 14.7. The van der Waals surface area contributed by atoms with Crippen LogP contribution in [0.25, 0.3) is 0 Å². The Morgan fingerprint density at radius 1 is 1.14 bits per heavy atom. The molecule has 0 fully saturated rings. The summed E-state index contributed by atoms with van der Waals surface area (Å²) >= 11 is 2.69. The molecule has 1 heterocycles. The van der Waals surface area contributed by atoms with Crippen molar-refractivity contribution in [2.45, 2.75) is 10.1 Å². The summed E-state index contributed by atoms with van der Waals surface area (Å²) in [5, 5.41) is 10.8. The van der Waals surface area contributed by atoms with Gasteiger partial charge in [-0.15, -0.1) is 10.2 Å². The van der Waals surface area contributed by atoms with E-state index in [4.69, 9.17) is 0 Å². The Morgan fingerprint density at radius 3 is 2.48 bits per heavy atom. The highest BCUT2D eigenvalue weighted by atomic mass is 32.2. The summed E-state index contributed by atoms with van der Waals surface area (Å²) < 4.78 is 38.8. The molecule has 1 amide bonds. The van der Waals surface area contributed by atoms with Gasteiger partial charge in [-0.3, -0.25) is 14.4 Å². The third-order valence-corrected chi connectivity index (χ3v) is 6.84. The van der Waals surface area contributed by atoms with Crippen LogP contribution in [0.4, 0.5) is 15.2 Å². The number of aromatic nitrogens is 2. The van der Waals surface area contributed by atoms with Crippen molar-refractivity contribution in [3.8, 4) is 0 Å². The summed E-state index contributed by atoms with van der Waals surface area (Å²) in [5.41, 5.74) is 1.33. The Kier molecular flexibility index (Phi) is 6.83. The monoisotopic (exact) mass is 452 g/mol. The molecule has 0 aliphatic heterocycles. The van der Waals surface area contributed by atoms with Crippen LogP contribution >= 0.6 is 23.1 Å². The molecular formula is C18H17FN4O3S3. The van der Waals surface area contributed by atoms with Gasteiger partial charge >= 0.3 is 0 Å². The number of hydrogen-bond acceptors (Lipinski definition) is 7. The number of anilines is 2. The molecule has 0 spiro atoms. The van der Waals surface area contributed by atoms with Crippen LogP contribution in [-0.2, 0) is 20.6 Å². The van der Waals surface area contributed by atoms with Crippen molar-refractivity contribution in [3.63, 3.8) is 0 Å². The van der Waals surface area contributed by atoms with Crippen LogP contribution in [0.1, 0.15) is 5.56 Å². The van der Waals surface area contributed by atoms with Gasteiger partial charge in [0.1, 0.15) is 12.4 Å². The molecule has 3 aromatic rings. The highest BCUT2D eigenvalue weighted by Gasteiger charge is 2.21. The fraction of sp³-hybridized carbons (Fsp3) is 0.167. The summed E-state index contributed by atoms with van der Waals surface area (Å²) in [7, 11) is -3.74. The quantitative estimate of drug-likeness (QED) is 0.416. The summed E-state index contributed by atoms with van der Waals surface area (Å²) in [5.74, 6) is -0.355. The zero-order valence-electron chi connectivity index (χ0n) is 15.3. The number of nitrogens with one attached hydrogen (secondary N) is 1. The first kappa shape index (κ1) is 21.2. The van der Waals surface area contributed by atoms with E-state index in [0.29, 0.717) is 4.34 Å². The zero-order valence-corrected chi connectivity index (χ0v) is 17.7. The van der Waals surface area contributed by atoms with E-state index in [1.807, 2.05) is 30.3 Å². The number of carbonyl (C=O) groups excluding carboxylic acids is 1. The SMILES string of the molecule is CS(=O)(=O)N(CC(=O)Nc1nnc(SCc2ccccc2)s1)c1ccc(F)cc1. The number of amides is 1. The lowest BCUT2D eigenvalue weighted by atomic mass is 10.2. The minimum absolute atomic E-state index is 0.195. The van der Waals surface area contributed by atoms with Gasteiger partial charge in [-0.05, 0) is 29.8 Å². The second-order valence-electron chi connectivity index (χ2n) is 5.94. The van der Waals surface area contributed by atoms with Crippen LogP contribution in [0.5, 0.6) is 0 Å². The molecule has 1 aromatic heterocycles. The minimum atomic E-state index is -3.74. The molecule has 0 aliphatic carbocycles. The number of halogens is 1. The van der Waals surface area contributed by atoms with Gasteiger partial charge in [0, 0.05) is 5.75 Å². The lowest BCUT2D eigenvalue weighted by Crippen LogP contribution is -2.37. The van der Waals surface area contributed by atoms with Crippen molar-refractivity contribution in [1.82, 2.24) is 10.2 Å². The minimum Gasteiger partial charge on any atom is -0.299 e. The van der Waals surface area contributed by atoms with Crippen LogP contribution in [0.2, 0.25) is 0 Å². The average Bonchev–Trinajstić information content (AvgIpc) is 3.12. The van der Waals surface area contributed by atoms with E-state index in [0.717, 1.165) is 34.0 Å². The molecule has 0 bridgehead atoms. The van der Waals surface area contributed by atoms with E-state index in [2.05, 4.69) is 15.5 Å². The molecule has 0 atom stereocenters. The molecule has 11 heteroatoms. The summed E-state index contributed by atoms with van der Waals surface area (Å²) in [4.78, 5) is 12.3. The number of rotatable bonds is 8. The number of carbonyl (C=O) groups is 1. The second kappa shape index (κ2) is 9.33. The van der Waals surface area contributed by atoms with Crippen LogP contribution in [-0.4, -0.2) is 37.3 Å². The molecule has 152 valence electrons. The van der Waals surface area contributed by atoms with Gasteiger partial charge in [-0.1, -0.05) is 53.4 Å². The first-order valence-electron chi connectivity index (χ1n) is 8.34. The van der Waals surface area contributed by atoms with Gasteiger partial charge in [0.15, 0.2) is 4.34 Å². The van der Waals surface area contributed by atoms with Crippen LogP contribution in [0, 0.1) is 5.82 Å². The maximum absolute atomic E-state index is 13.1. The van der Waals surface area contributed by atoms with Gasteiger partial charge in [0.2, 0.25) is 21.1 Å². The Morgan fingerprint density at radius 2 is 1.83 bits per heavy atom. The molecule has 0 radical (unpaired) electrons. The number of thioether (sulfide) groups is 1. The maximum Gasteiger partial charge on any atom is 0.246 e. The summed E-state index contributed by atoms with van der Waals surface area (Å²) in [6.07, 6.45) is 0.979. The van der Waals surface area contributed by atoms with Crippen molar-refractivity contribution >= 4 is 49.8 Å². The Balaban J connectivity index is 1.61. The van der Waals surface area contributed by atoms with Gasteiger partial charge in [0.25, 0.3) is 0 Å². The first-order valence-corrected chi connectivity index (χ1v) is 12.0.